The first-order valence-corrected chi connectivity index (χ1v) is 25.9. The average Bonchev–Trinajstić information content (AvgIpc) is 3.48. The molecule has 1 heterocycles. The summed E-state index contributed by atoms with van der Waals surface area (Å²) in [5, 5.41) is 0. The molecule has 1 unspecified atom stereocenters. The molecule has 0 saturated heterocycles. The van der Waals surface area contributed by atoms with Gasteiger partial charge in [0.05, 0.1) is 27.7 Å². The van der Waals surface area contributed by atoms with Crippen molar-refractivity contribution in [3.05, 3.63) is 47.0 Å². The summed E-state index contributed by atoms with van der Waals surface area (Å²) < 4.78 is 40.6. The van der Waals surface area contributed by atoms with Crippen LogP contribution in [0.3, 0.4) is 0 Å². The first-order chi connectivity index (χ1) is 29.7. The Kier molecular flexibility index (Phi) is 33.1. The van der Waals surface area contributed by atoms with E-state index in [2.05, 4.69) is 33.8 Å². The number of allylic oxidation sites excluding steroid dienone is 4. The minimum Gasteiger partial charge on any atom is -0.466 e. The van der Waals surface area contributed by atoms with Gasteiger partial charge >= 0.3 is 19.8 Å². The SMILES string of the molecule is CCCCCC(=O)/C=C/C=C\CCCCCCCC(=O)OC[C@H](COP(=O)(O)OCC[N+](C)(C)C)OC(=O)CCCCCCCCCCCCc1oc(CCCCC)c(C)c1C. The van der Waals surface area contributed by atoms with Crippen molar-refractivity contribution in [2.75, 3.05) is 47.5 Å². The van der Waals surface area contributed by atoms with Crippen LogP contribution in [0, 0.1) is 13.8 Å². The van der Waals surface area contributed by atoms with E-state index in [4.69, 9.17) is 22.9 Å². The van der Waals surface area contributed by atoms with Crippen molar-refractivity contribution in [1.82, 2.24) is 0 Å². The predicted molar refractivity (Wildman–Crippen MR) is 251 cm³/mol. The smallest absolute Gasteiger partial charge is 0.466 e. The highest BCUT2D eigenvalue weighted by molar-refractivity contribution is 7.47. The summed E-state index contributed by atoms with van der Waals surface area (Å²) in [6.45, 7) is 8.56. The number of hydrogen-bond donors (Lipinski definition) is 1. The first kappa shape index (κ1) is 57.5. The molecule has 11 nitrogen and oxygen atoms in total. The van der Waals surface area contributed by atoms with E-state index in [-0.39, 0.29) is 31.8 Å². The number of likely N-dealkylation sites (N-methyl/N-ethyl adjacent to an activating group) is 1. The summed E-state index contributed by atoms with van der Waals surface area (Å²) in [6.07, 6.45) is 33.0. The first-order valence-electron chi connectivity index (χ1n) is 24.4. The van der Waals surface area contributed by atoms with Crippen LogP contribution in [0.4, 0.5) is 0 Å². The molecule has 0 aliphatic heterocycles. The molecule has 358 valence electrons. The van der Waals surface area contributed by atoms with Crippen LogP contribution in [0.5, 0.6) is 0 Å². The molecular formula is C50H89NO10P+. The summed E-state index contributed by atoms with van der Waals surface area (Å²) in [5.41, 5.74) is 2.68. The van der Waals surface area contributed by atoms with Crippen molar-refractivity contribution in [2.45, 2.75) is 207 Å². The number of hydrogen-bond acceptors (Lipinski definition) is 9. The molecule has 0 fully saturated rings. The van der Waals surface area contributed by atoms with E-state index in [0.29, 0.717) is 30.3 Å². The molecule has 0 saturated carbocycles. The van der Waals surface area contributed by atoms with Gasteiger partial charge in [0.15, 0.2) is 11.9 Å². The van der Waals surface area contributed by atoms with Gasteiger partial charge in [0, 0.05) is 32.1 Å². The van der Waals surface area contributed by atoms with Crippen molar-refractivity contribution in [1.29, 1.82) is 0 Å². The molecule has 2 atom stereocenters. The number of carbonyl (C=O) groups excluding carboxylic acids is 3. The second kappa shape index (κ2) is 35.7. The van der Waals surface area contributed by atoms with Crippen molar-refractivity contribution in [2.24, 2.45) is 0 Å². The summed E-state index contributed by atoms with van der Waals surface area (Å²) in [6, 6.07) is 0. The summed E-state index contributed by atoms with van der Waals surface area (Å²) in [7, 11) is 1.41. The lowest BCUT2D eigenvalue weighted by atomic mass is 10.0. The van der Waals surface area contributed by atoms with Gasteiger partial charge in [0.2, 0.25) is 0 Å². The standard InChI is InChI=1S/C50H88NO10P/c1-8-10-27-33-45(52)34-29-23-19-15-14-18-21-25-31-37-49(53)57-41-46(42-59-62(55,56)58-40-39-51(5,6)7)60-50(54)38-32-26-22-17-13-12-16-20-24-30-36-48-44(4)43(3)47(61-48)35-28-11-9-2/h19,23,29,34,46H,8-18,20-22,24-28,30-33,35-42H2,1-7H3/p+1/b23-19-,34-29+/t46-/m1/s1. The third kappa shape index (κ3) is 32.2. The fourth-order valence-corrected chi connectivity index (χ4v) is 7.74. The Labute approximate surface area is 377 Å². The molecule has 12 heteroatoms. The fraction of sp³-hybridized carbons (Fsp3) is 0.780. The number of unbranched alkanes of at least 4 members (excludes halogenated alkanes) is 18. The second-order valence-corrected chi connectivity index (χ2v) is 19.6. The molecular weight excluding hydrogens is 806 g/mol. The van der Waals surface area contributed by atoms with Crippen LogP contribution in [0.2, 0.25) is 0 Å². The Morgan fingerprint density at radius 1 is 0.645 bits per heavy atom. The van der Waals surface area contributed by atoms with Gasteiger partial charge in [-0.2, -0.15) is 0 Å². The van der Waals surface area contributed by atoms with E-state index in [0.717, 1.165) is 83.5 Å². The van der Waals surface area contributed by atoms with Gasteiger partial charge < -0.3 is 23.3 Å². The number of quaternary nitrogens is 1. The van der Waals surface area contributed by atoms with Gasteiger partial charge in [-0.05, 0) is 76.0 Å². The van der Waals surface area contributed by atoms with Gasteiger partial charge in [-0.3, -0.25) is 23.4 Å². The number of ether oxygens (including phenoxy) is 2. The summed E-state index contributed by atoms with van der Waals surface area (Å²) in [4.78, 5) is 47.3. The topological polar surface area (TPSA) is 139 Å². The maximum absolute atomic E-state index is 12.8. The average molecular weight is 895 g/mol. The summed E-state index contributed by atoms with van der Waals surface area (Å²) >= 11 is 0. The molecule has 0 aliphatic carbocycles. The van der Waals surface area contributed by atoms with Crippen LogP contribution < -0.4 is 0 Å². The van der Waals surface area contributed by atoms with E-state index in [1.54, 1.807) is 6.08 Å². The Hall–Kier alpha value is -2.56. The third-order valence-electron chi connectivity index (χ3n) is 11.2. The molecule has 0 spiro atoms. The Morgan fingerprint density at radius 2 is 1.15 bits per heavy atom. The molecule has 0 amide bonds. The molecule has 1 aromatic heterocycles. The zero-order valence-corrected chi connectivity index (χ0v) is 41.2. The number of furan rings is 1. The highest BCUT2D eigenvalue weighted by Gasteiger charge is 2.27. The minimum atomic E-state index is -4.41. The quantitative estimate of drug-likeness (QED) is 0.0169. The Morgan fingerprint density at radius 3 is 1.73 bits per heavy atom. The highest BCUT2D eigenvalue weighted by Crippen LogP contribution is 2.43. The third-order valence-corrected chi connectivity index (χ3v) is 12.1. The van der Waals surface area contributed by atoms with Crippen LogP contribution in [0.1, 0.15) is 197 Å². The van der Waals surface area contributed by atoms with Crippen LogP contribution in [-0.4, -0.2) is 80.7 Å². The van der Waals surface area contributed by atoms with Crippen molar-refractivity contribution in [3.63, 3.8) is 0 Å². The lowest BCUT2D eigenvalue weighted by Gasteiger charge is -2.24. The zero-order chi connectivity index (χ0) is 45.9. The van der Waals surface area contributed by atoms with Gasteiger partial charge in [-0.25, -0.2) is 4.57 Å². The highest BCUT2D eigenvalue weighted by atomic mass is 31.2. The largest absolute Gasteiger partial charge is 0.472 e. The number of phosphoric acid groups is 1. The van der Waals surface area contributed by atoms with Gasteiger partial charge in [-0.1, -0.05) is 128 Å². The monoisotopic (exact) mass is 895 g/mol. The van der Waals surface area contributed by atoms with E-state index in [1.165, 1.54) is 80.4 Å². The predicted octanol–water partition coefficient (Wildman–Crippen LogP) is 12.8. The molecule has 0 aliphatic rings. The fourth-order valence-electron chi connectivity index (χ4n) is 7.00. The van der Waals surface area contributed by atoms with Gasteiger partial charge in [0.1, 0.15) is 31.3 Å². The minimum absolute atomic E-state index is 0.0121. The zero-order valence-electron chi connectivity index (χ0n) is 40.3. The number of phosphoric ester groups is 1. The van der Waals surface area contributed by atoms with Crippen molar-refractivity contribution < 1.29 is 51.3 Å². The van der Waals surface area contributed by atoms with E-state index in [9.17, 15) is 23.8 Å². The maximum Gasteiger partial charge on any atom is 0.472 e. The van der Waals surface area contributed by atoms with Crippen molar-refractivity contribution >= 4 is 25.5 Å². The van der Waals surface area contributed by atoms with Gasteiger partial charge in [0.25, 0.3) is 0 Å². The van der Waals surface area contributed by atoms with Gasteiger partial charge in [-0.15, -0.1) is 0 Å². The maximum atomic E-state index is 12.8. The number of rotatable bonds is 41. The molecule has 1 rings (SSSR count). The number of carbonyl (C=O) groups is 3. The molecule has 62 heavy (non-hydrogen) atoms. The number of aryl methyl sites for hydroxylation is 2. The van der Waals surface area contributed by atoms with E-state index in [1.807, 2.05) is 33.3 Å². The molecule has 0 bridgehead atoms. The lowest BCUT2D eigenvalue weighted by Crippen LogP contribution is -2.37. The van der Waals surface area contributed by atoms with Crippen LogP contribution >= 0.6 is 7.82 Å². The molecule has 0 radical (unpaired) electrons. The normalized spacial score (nSPS) is 13.5. The summed E-state index contributed by atoms with van der Waals surface area (Å²) in [5.74, 6) is 1.67. The number of nitrogens with zero attached hydrogens (tertiary/aromatic N) is 1. The lowest BCUT2D eigenvalue weighted by molar-refractivity contribution is -0.870. The molecule has 1 aromatic rings. The van der Waals surface area contributed by atoms with E-state index >= 15 is 0 Å². The number of ketones is 1. The van der Waals surface area contributed by atoms with Crippen LogP contribution in [-0.2, 0) is 50.3 Å². The number of esters is 2. The van der Waals surface area contributed by atoms with Crippen molar-refractivity contribution in [3.8, 4) is 0 Å². The molecule has 1 N–H and O–H groups in total. The second-order valence-electron chi connectivity index (χ2n) is 18.1. The Balaban J connectivity index is 2.33. The Bertz CT molecular complexity index is 1450. The van der Waals surface area contributed by atoms with Crippen LogP contribution in [0.25, 0.3) is 0 Å². The van der Waals surface area contributed by atoms with Crippen LogP contribution in [0.15, 0.2) is 28.7 Å². The van der Waals surface area contributed by atoms with E-state index < -0.39 is 32.5 Å². The molecule has 0 aromatic carbocycles.